The number of fused-ring (bicyclic) bond motifs is 1. The molecule has 1 aromatic carbocycles. The van der Waals surface area contributed by atoms with Crippen LogP contribution in [0.2, 0.25) is 0 Å². The maximum Gasteiger partial charge on any atom is 0.412 e. The highest BCUT2D eigenvalue weighted by Gasteiger charge is 2.23. The average molecular weight is 320 g/mol. The monoisotopic (exact) mass is 320 g/mol. The molecule has 0 spiro atoms. The van der Waals surface area contributed by atoms with Crippen molar-refractivity contribution in [1.82, 2.24) is 5.32 Å². The number of benzene rings is 1. The largest absolute Gasteiger partial charge is 0.444 e. The highest BCUT2D eigenvalue weighted by Crippen LogP contribution is 2.33. The number of hydrogen-bond donors (Lipinski definition) is 3. The van der Waals surface area contributed by atoms with E-state index in [1.807, 2.05) is 39.8 Å². The Hall–Kier alpha value is -1.59. The van der Waals surface area contributed by atoms with Gasteiger partial charge < -0.3 is 15.2 Å². The summed E-state index contributed by atoms with van der Waals surface area (Å²) in [6.07, 6.45) is 1.61. The predicted molar refractivity (Wildman–Crippen MR) is 91.6 cm³/mol. The van der Waals surface area contributed by atoms with E-state index in [0.29, 0.717) is 6.04 Å². The number of amides is 1. The smallest absolute Gasteiger partial charge is 0.412 e. The van der Waals surface area contributed by atoms with Gasteiger partial charge in [-0.05, 0) is 62.8 Å². The van der Waals surface area contributed by atoms with E-state index in [0.717, 1.165) is 25.1 Å². The first-order valence-corrected chi connectivity index (χ1v) is 8.25. The first kappa shape index (κ1) is 17.8. The summed E-state index contributed by atoms with van der Waals surface area (Å²) in [6.45, 7) is 8.57. The average Bonchev–Trinajstić information content (AvgIpc) is 2.85. The van der Waals surface area contributed by atoms with Crippen molar-refractivity contribution in [2.45, 2.75) is 52.2 Å². The molecule has 0 saturated heterocycles. The maximum atomic E-state index is 11.8. The molecule has 5 heteroatoms. The molecule has 0 saturated carbocycles. The van der Waals surface area contributed by atoms with Crippen LogP contribution in [0.1, 0.15) is 51.3 Å². The Morgan fingerprint density at radius 2 is 2.17 bits per heavy atom. The molecule has 0 aliphatic heterocycles. The van der Waals surface area contributed by atoms with E-state index in [4.69, 9.17) is 9.84 Å². The van der Waals surface area contributed by atoms with E-state index >= 15 is 0 Å². The fraction of sp³-hybridized carbons (Fsp3) is 0.611. The molecule has 1 amide bonds. The van der Waals surface area contributed by atoms with Crippen LogP contribution >= 0.6 is 0 Å². The molecule has 23 heavy (non-hydrogen) atoms. The summed E-state index contributed by atoms with van der Waals surface area (Å²) >= 11 is 0. The Morgan fingerprint density at radius 1 is 1.43 bits per heavy atom. The van der Waals surface area contributed by atoms with Crippen molar-refractivity contribution in [3.63, 3.8) is 0 Å². The molecule has 1 aliphatic rings. The van der Waals surface area contributed by atoms with Crippen LogP contribution in [0.5, 0.6) is 0 Å². The van der Waals surface area contributed by atoms with E-state index in [2.05, 4.69) is 16.7 Å². The number of ether oxygens (including phenoxy) is 1. The van der Waals surface area contributed by atoms with Crippen LogP contribution in [0.4, 0.5) is 10.5 Å². The Kier molecular flexibility index (Phi) is 5.65. The molecule has 3 N–H and O–H groups in total. The molecule has 0 radical (unpaired) electrons. The molecule has 1 aromatic rings. The molecule has 0 fully saturated rings. The van der Waals surface area contributed by atoms with Gasteiger partial charge in [0, 0.05) is 24.9 Å². The SMILES string of the molecule is CC(CO)CNC1CCc2cc(NC(=O)OC(C)(C)C)ccc21. The number of rotatable bonds is 5. The van der Waals surface area contributed by atoms with Crippen molar-refractivity contribution in [3.05, 3.63) is 29.3 Å². The molecule has 2 atom stereocenters. The van der Waals surface area contributed by atoms with Crippen molar-refractivity contribution in [2.24, 2.45) is 5.92 Å². The molecule has 2 unspecified atom stereocenters. The normalized spacial score (nSPS) is 18.4. The van der Waals surface area contributed by atoms with E-state index in [-0.39, 0.29) is 12.5 Å². The minimum absolute atomic E-state index is 0.200. The Balaban J connectivity index is 1.97. The van der Waals surface area contributed by atoms with Crippen molar-refractivity contribution in [3.8, 4) is 0 Å². The van der Waals surface area contributed by atoms with Crippen LogP contribution in [-0.2, 0) is 11.2 Å². The fourth-order valence-electron chi connectivity index (χ4n) is 2.74. The van der Waals surface area contributed by atoms with Gasteiger partial charge in [0.25, 0.3) is 0 Å². The van der Waals surface area contributed by atoms with Crippen LogP contribution in [0.25, 0.3) is 0 Å². The van der Waals surface area contributed by atoms with Crippen molar-refractivity contribution in [2.75, 3.05) is 18.5 Å². The fourth-order valence-corrected chi connectivity index (χ4v) is 2.74. The molecule has 128 valence electrons. The number of anilines is 1. The Bertz CT molecular complexity index is 552. The number of carbonyl (C=O) groups is 1. The lowest BCUT2D eigenvalue weighted by Crippen LogP contribution is -2.27. The van der Waals surface area contributed by atoms with Crippen LogP contribution in [-0.4, -0.2) is 30.0 Å². The highest BCUT2D eigenvalue weighted by atomic mass is 16.6. The lowest BCUT2D eigenvalue weighted by molar-refractivity contribution is 0.0636. The number of hydrogen-bond acceptors (Lipinski definition) is 4. The Labute approximate surface area is 138 Å². The van der Waals surface area contributed by atoms with Crippen LogP contribution in [0.15, 0.2) is 18.2 Å². The zero-order chi connectivity index (χ0) is 17.0. The van der Waals surface area contributed by atoms with E-state index < -0.39 is 11.7 Å². The quantitative estimate of drug-likeness (QED) is 0.779. The van der Waals surface area contributed by atoms with Crippen LogP contribution in [0, 0.1) is 5.92 Å². The van der Waals surface area contributed by atoms with E-state index in [9.17, 15) is 4.79 Å². The zero-order valence-corrected chi connectivity index (χ0v) is 14.5. The van der Waals surface area contributed by atoms with Crippen molar-refractivity contribution < 1.29 is 14.6 Å². The second-order valence-electron chi connectivity index (χ2n) is 7.33. The van der Waals surface area contributed by atoms with Gasteiger partial charge in [-0.2, -0.15) is 0 Å². The van der Waals surface area contributed by atoms with Gasteiger partial charge in [-0.25, -0.2) is 4.79 Å². The minimum Gasteiger partial charge on any atom is -0.444 e. The third-order valence-electron chi connectivity index (χ3n) is 3.89. The summed E-state index contributed by atoms with van der Waals surface area (Å²) in [5.74, 6) is 0.257. The van der Waals surface area contributed by atoms with E-state index in [1.165, 1.54) is 11.1 Å². The summed E-state index contributed by atoms with van der Waals surface area (Å²) < 4.78 is 5.27. The molecule has 0 heterocycles. The predicted octanol–water partition coefficient (Wildman–Crippen LogP) is 3.24. The summed E-state index contributed by atoms with van der Waals surface area (Å²) in [5.41, 5.74) is 2.80. The topological polar surface area (TPSA) is 70.6 Å². The third-order valence-corrected chi connectivity index (χ3v) is 3.89. The first-order valence-electron chi connectivity index (χ1n) is 8.25. The van der Waals surface area contributed by atoms with Gasteiger partial charge in [0.2, 0.25) is 0 Å². The summed E-state index contributed by atoms with van der Waals surface area (Å²) in [6, 6.07) is 6.33. The van der Waals surface area contributed by atoms with Gasteiger partial charge in [-0.1, -0.05) is 13.0 Å². The maximum absolute atomic E-state index is 11.8. The van der Waals surface area contributed by atoms with Gasteiger partial charge in [0.15, 0.2) is 0 Å². The number of aryl methyl sites for hydroxylation is 1. The van der Waals surface area contributed by atoms with Gasteiger partial charge in [-0.3, -0.25) is 5.32 Å². The standard InChI is InChI=1S/C18H28N2O3/c1-12(11-21)10-19-16-8-5-13-9-14(6-7-15(13)16)20-17(22)23-18(2,3)4/h6-7,9,12,16,19,21H,5,8,10-11H2,1-4H3,(H,20,22). The van der Waals surface area contributed by atoms with Crippen LogP contribution in [0.3, 0.4) is 0 Å². The Morgan fingerprint density at radius 3 is 2.83 bits per heavy atom. The molecular weight excluding hydrogens is 292 g/mol. The van der Waals surface area contributed by atoms with Crippen LogP contribution < -0.4 is 10.6 Å². The zero-order valence-electron chi connectivity index (χ0n) is 14.5. The number of carbonyl (C=O) groups excluding carboxylic acids is 1. The molecule has 1 aliphatic carbocycles. The minimum atomic E-state index is -0.501. The van der Waals surface area contributed by atoms with Gasteiger partial charge in [0.05, 0.1) is 0 Å². The lowest BCUT2D eigenvalue weighted by atomic mass is 10.1. The molecule has 5 nitrogen and oxygen atoms in total. The molecular formula is C18H28N2O3. The second kappa shape index (κ2) is 7.32. The third kappa shape index (κ3) is 5.22. The van der Waals surface area contributed by atoms with Crippen molar-refractivity contribution in [1.29, 1.82) is 0 Å². The highest BCUT2D eigenvalue weighted by molar-refractivity contribution is 5.85. The van der Waals surface area contributed by atoms with Gasteiger partial charge in [-0.15, -0.1) is 0 Å². The summed E-state index contributed by atoms with van der Waals surface area (Å²) in [5, 5.41) is 15.4. The molecule has 0 aromatic heterocycles. The second-order valence-corrected chi connectivity index (χ2v) is 7.33. The molecule has 2 rings (SSSR count). The lowest BCUT2D eigenvalue weighted by Gasteiger charge is -2.20. The summed E-state index contributed by atoms with van der Waals surface area (Å²) in [7, 11) is 0. The summed E-state index contributed by atoms with van der Waals surface area (Å²) in [4.78, 5) is 11.8. The van der Waals surface area contributed by atoms with Crippen molar-refractivity contribution >= 4 is 11.8 Å². The number of nitrogens with one attached hydrogen (secondary N) is 2. The van der Waals surface area contributed by atoms with E-state index in [1.54, 1.807) is 0 Å². The number of aliphatic hydroxyl groups is 1. The van der Waals surface area contributed by atoms with Gasteiger partial charge >= 0.3 is 6.09 Å². The van der Waals surface area contributed by atoms with Gasteiger partial charge in [0.1, 0.15) is 5.60 Å². The number of aliphatic hydroxyl groups excluding tert-OH is 1. The first-order chi connectivity index (χ1) is 10.8. The molecule has 0 bridgehead atoms.